The summed E-state index contributed by atoms with van der Waals surface area (Å²) in [6.45, 7) is 5.50. The van der Waals surface area contributed by atoms with Crippen molar-refractivity contribution >= 4 is 29.7 Å². The number of amides is 3. The van der Waals surface area contributed by atoms with Crippen LogP contribution in [0, 0.1) is 5.41 Å². The summed E-state index contributed by atoms with van der Waals surface area (Å²) >= 11 is 0. The third kappa shape index (κ3) is 7.79. The van der Waals surface area contributed by atoms with E-state index in [0.29, 0.717) is 5.69 Å². The smallest absolute Gasteiger partial charge is 0.407 e. The lowest BCUT2D eigenvalue weighted by molar-refractivity contribution is -0.138. The predicted octanol–water partition coefficient (Wildman–Crippen LogP) is 1.65. The number of carbonyl (C=O) groups is 5. The molecule has 1 saturated heterocycles. The molecule has 1 fully saturated rings. The van der Waals surface area contributed by atoms with Crippen molar-refractivity contribution in [3.8, 4) is 11.6 Å². The molecule has 0 bridgehead atoms. The first-order valence-electron chi connectivity index (χ1n) is 12.5. The molecule has 1 aromatic heterocycles. The van der Waals surface area contributed by atoms with Gasteiger partial charge < -0.3 is 30.1 Å². The number of ether oxygens (including phenoxy) is 1. The summed E-state index contributed by atoms with van der Waals surface area (Å²) in [5.41, 5.74) is -0.156. The Labute approximate surface area is 225 Å². The molecule has 2 heterocycles. The molecule has 0 saturated carbocycles. The maximum atomic E-state index is 13.2. The van der Waals surface area contributed by atoms with Crippen molar-refractivity contribution in [3.05, 3.63) is 42.1 Å². The fraction of sp³-hybridized carbons (Fsp3) is 0.462. The lowest BCUT2D eigenvalue weighted by Crippen LogP contribution is -2.55. The zero-order valence-corrected chi connectivity index (χ0v) is 22.1. The first-order valence-corrected chi connectivity index (χ1v) is 12.5. The minimum absolute atomic E-state index is 0.0964. The second-order valence-electron chi connectivity index (χ2n) is 10.1. The standard InChI is InChI=1S/C26H33N5O8/c1-26(2,3)20(32)16-39-21-15-19(28-31(21)17-7-5-4-6-8-17)23(35)27-18(9-10-22(33)34)24(36)29-11-13-30(14-12-29)25(37)38/h4-8,15,18H,9-14,16H2,1-3H3,(H,27,35)(H,33,34)(H,37,38)/t18-/m0/s1. The molecule has 1 aliphatic heterocycles. The highest BCUT2D eigenvalue weighted by Gasteiger charge is 2.31. The van der Waals surface area contributed by atoms with E-state index in [9.17, 15) is 24.0 Å². The first-order chi connectivity index (χ1) is 18.4. The number of carboxylic acid groups (broad SMARTS) is 2. The number of aliphatic carboxylic acids is 1. The minimum Gasteiger partial charge on any atom is -0.481 e. The van der Waals surface area contributed by atoms with E-state index in [2.05, 4.69) is 10.4 Å². The molecule has 3 amide bonds. The zero-order valence-electron chi connectivity index (χ0n) is 22.1. The molecule has 0 radical (unpaired) electrons. The van der Waals surface area contributed by atoms with Gasteiger partial charge in [-0.05, 0) is 18.6 Å². The highest BCUT2D eigenvalue weighted by Crippen LogP contribution is 2.22. The lowest BCUT2D eigenvalue weighted by atomic mass is 9.91. The summed E-state index contributed by atoms with van der Waals surface area (Å²) in [5, 5.41) is 25.2. The van der Waals surface area contributed by atoms with Gasteiger partial charge in [0, 0.05) is 44.1 Å². The second-order valence-corrected chi connectivity index (χ2v) is 10.1. The number of carbonyl (C=O) groups excluding carboxylic acids is 3. The topological polar surface area (TPSA) is 171 Å². The Hall–Kier alpha value is -4.42. The van der Waals surface area contributed by atoms with Crippen molar-refractivity contribution in [2.45, 2.75) is 39.7 Å². The van der Waals surface area contributed by atoms with Gasteiger partial charge in [0.15, 0.2) is 11.5 Å². The number of aromatic nitrogens is 2. The van der Waals surface area contributed by atoms with Crippen LogP contribution in [-0.4, -0.2) is 98.3 Å². The summed E-state index contributed by atoms with van der Waals surface area (Å²) < 4.78 is 7.10. The number of para-hydroxylation sites is 1. The van der Waals surface area contributed by atoms with E-state index in [4.69, 9.17) is 14.9 Å². The molecule has 1 atom stereocenters. The lowest BCUT2D eigenvalue weighted by Gasteiger charge is -2.35. The van der Waals surface area contributed by atoms with E-state index in [1.165, 1.54) is 20.5 Å². The molecule has 13 heteroatoms. The van der Waals surface area contributed by atoms with Gasteiger partial charge in [0.25, 0.3) is 5.91 Å². The van der Waals surface area contributed by atoms with Crippen molar-refractivity contribution in [1.29, 1.82) is 0 Å². The number of Topliss-reactive ketones (excluding diaryl/α,β-unsaturated/α-hetero) is 1. The van der Waals surface area contributed by atoms with E-state index in [-0.39, 0.29) is 63.0 Å². The van der Waals surface area contributed by atoms with Gasteiger partial charge in [-0.15, -0.1) is 0 Å². The third-order valence-electron chi connectivity index (χ3n) is 6.21. The monoisotopic (exact) mass is 543 g/mol. The van der Waals surface area contributed by atoms with E-state index in [0.717, 1.165) is 0 Å². The summed E-state index contributed by atoms with van der Waals surface area (Å²) in [4.78, 5) is 63.8. The largest absolute Gasteiger partial charge is 0.481 e. The Morgan fingerprint density at radius 3 is 2.18 bits per heavy atom. The number of hydrogen-bond acceptors (Lipinski definition) is 7. The molecule has 2 aromatic rings. The molecule has 1 aliphatic rings. The first kappa shape index (κ1) is 29.1. The number of carboxylic acids is 1. The summed E-state index contributed by atoms with van der Waals surface area (Å²) in [7, 11) is 0. The van der Waals surface area contributed by atoms with Gasteiger partial charge in [0.05, 0.1) is 5.69 Å². The number of rotatable bonds is 10. The molecule has 3 rings (SSSR count). The molecule has 0 unspecified atom stereocenters. The Bertz CT molecular complexity index is 1210. The van der Waals surface area contributed by atoms with Crippen molar-refractivity contribution < 1.29 is 38.9 Å². The van der Waals surface area contributed by atoms with Gasteiger partial charge in [-0.3, -0.25) is 19.2 Å². The quantitative estimate of drug-likeness (QED) is 0.403. The van der Waals surface area contributed by atoms with Gasteiger partial charge in [0.2, 0.25) is 11.8 Å². The van der Waals surface area contributed by atoms with Crippen LogP contribution in [-0.2, 0) is 14.4 Å². The van der Waals surface area contributed by atoms with Crippen molar-refractivity contribution in [1.82, 2.24) is 24.9 Å². The van der Waals surface area contributed by atoms with Gasteiger partial charge in [-0.2, -0.15) is 5.10 Å². The summed E-state index contributed by atoms with van der Waals surface area (Å²) in [6.07, 6.45) is -1.62. The maximum Gasteiger partial charge on any atom is 0.407 e. The average molecular weight is 544 g/mol. The summed E-state index contributed by atoms with van der Waals surface area (Å²) in [5.74, 6) is -2.39. The van der Waals surface area contributed by atoms with Crippen LogP contribution >= 0.6 is 0 Å². The van der Waals surface area contributed by atoms with Crippen LogP contribution < -0.4 is 10.1 Å². The molecule has 0 aliphatic carbocycles. The molecule has 1 aromatic carbocycles. The van der Waals surface area contributed by atoms with Crippen molar-refractivity contribution in [2.75, 3.05) is 32.8 Å². The van der Waals surface area contributed by atoms with Crippen LogP contribution in [0.5, 0.6) is 5.88 Å². The fourth-order valence-electron chi connectivity index (χ4n) is 3.78. The van der Waals surface area contributed by atoms with E-state index in [1.807, 2.05) is 0 Å². The van der Waals surface area contributed by atoms with Crippen LogP contribution in [0.25, 0.3) is 5.69 Å². The zero-order chi connectivity index (χ0) is 28.7. The fourth-order valence-corrected chi connectivity index (χ4v) is 3.78. The van der Waals surface area contributed by atoms with E-state index < -0.39 is 35.3 Å². The van der Waals surface area contributed by atoms with Gasteiger partial charge in [0.1, 0.15) is 12.6 Å². The molecule has 0 spiro atoms. The van der Waals surface area contributed by atoms with Crippen LogP contribution in [0.3, 0.4) is 0 Å². The average Bonchev–Trinajstić information content (AvgIpc) is 3.33. The SMILES string of the molecule is CC(C)(C)C(=O)COc1cc(C(=O)N[C@@H](CCC(=O)O)C(=O)N2CCN(C(=O)O)CC2)nn1-c1ccccc1. The highest BCUT2D eigenvalue weighted by molar-refractivity contribution is 5.96. The Balaban J connectivity index is 1.81. The Morgan fingerprint density at radius 1 is 1.00 bits per heavy atom. The highest BCUT2D eigenvalue weighted by atomic mass is 16.5. The summed E-state index contributed by atoms with van der Waals surface area (Å²) in [6, 6.07) is 9.00. The van der Waals surface area contributed by atoms with Gasteiger partial charge >= 0.3 is 12.1 Å². The molecule has 13 nitrogen and oxygen atoms in total. The van der Waals surface area contributed by atoms with Crippen molar-refractivity contribution in [3.63, 3.8) is 0 Å². The number of nitrogens with zero attached hydrogens (tertiary/aromatic N) is 4. The number of hydrogen-bond donors (Lipinski definition) is 3. The Morgan fingerprint density at radius 2 is 1.62 bits per heavy atom. The second kappa shape index (κ2) is 12.4. The third-order valence-corrected chi connectivity index (χ3v) is 6.21. The molecule has 210 valence electrons. The van der Waals surface area contributed by atoms with Gasteiger partial charge in [-0.25, -0.2) is 9.48 Å². The molecule has 3 N–H and O–H groups in total. The number of ketones is 1. The van der Waals surface area contributed by atoms with E-state index in [1.54, 1.807) is 51.1 Å². The Kier molecular flexibility index (Phi) is 9.28. The molecular formula is C26H33N5O8. The van der Waals surface area contributed by atoms with Crippen molar-refractivity contribution in [2.24, 2.45) is 5.41 Å². The molecule has 39 heavy (non-hydrogen) atoms. The number of benzene rings is 1. The number of piperazine rings is 1. The predicted molar refractivity (Wildman–Crippen MR) is 138 cm³/mol. The van der Waals surface area contributed by atoms with E-state index >= 15 is 0 Å². The van der Waals surface area contributed by atoms with Crippen LogP contribution in [0.15, 0.2) is 36.4 Å². The normalized spacial score (nSPS) is 14.4. The molecular weight excluding hydrogens is 510 g/mol. The minimum atomic E-state index is -1.17. The van der Waals surface area contributed by atoms with Gasteiger partial charge in [-0.1, -0.05) is 39.0 Å². The maximum absolute atomic E-state index is 13.2. The number of nitrogens with one attached hydrogen (secondary N) is 1. The van der Waals surface area contributed by atoms with Crippen LogP contribution in [0.2, 0.25) is 0 Å². The van der Waals surface area contributed by atoms with Crippen LogP contribution in [0.4, 0.5) is 4.79 Å². The van der Waals surface area contributed by atoms with Crippen LogP contribution in [0.1, 0.15) is 44.1 Å².